The van der Waals surface area contributed by atoms with Crippen LogP contribution in [0.3, 0.4) is 0 Å². The zero-order valence-corrected chi connectivity index (χ0v) is 15.2. The second kappa shape index (κ2) is 7.90. The summed E-state index contributed by atoms with van der Waals surface area (Å²) in [6, 6.07) is 6.05. The van der Waals surface area contributed by atoms with E-state index in [2.05, 4.69) is 36.9 Å². The first-order valence-corrected chi connectivity index (χ1v) is 8.13. The first-order chi connectivity index (χ1) is 10.6. The minimum Gasteiger partial charge on any atom is -0.320 e. The highest BCUT2D eigenvalue weighted by molar-refractivity contribution is 9.10. The molecule has 0 bridgehead atoms. The Bertz CT molecular complexity index is 684. The van der Waals surface area contributed by atoms with Crippen LogP contribution in [0.4, 0.5) is 5.69 Å². The quantitative estimate of drug-likeness (QED) is 0.831. The van der Waals surface area contributed by atoms with Crippen molar-refractivity contribution in [1.82, 2.24) is 20.3 Å². The van der Waals surface area contributed by atoms with E-state index in [9.17, 15) is 4.79 Å². The Morgan fingerprint density at radius 3 is 2.83 bits per heavy atom. The van der Waals surface area contributed by atoms with E-state index in [0.717, 1.165) is 41.7 Å². The van der Waals surface area contributed by atoms with Crippen molar-refractivity contribution in [2.75, 3.05) is 18.4 Å². The van der Waals surface area contributed by atoms with Gasteiger partial charge in [0.05, 0.1) is 12.2 Å². The van der Waals surface area contributed by atoms with Gasteiger partial charge in [0.1, 0.15) is 0 Å². The van der Waals surface area contributed by atoms with Gasteiger partial charge in [-0.2, -0.15) is 0 Å². The maximum absolute atomic E-state index is 12.3. The molecular weight excluding hydrogens is 382 g/mol. The van der Waals surface area contributed by atoms with Gasteiger partial charge >= 0.3 is 0 Å². The lowest BCUT2D eigenvalue weighted by Crippen LogP contribution is -2.29. The third-order valence-corrected chi connectivity index (χ3v) is 4.36. The van der Waals surface area contributed by atoms with Gasteiger partial charge in [0.15, 0.2) is 5.69 Å². The Kier molecular flexibility index (Phi) is 6.15. The summed E-state index contributed by atoms with van der Waals surface area (Å²) >= 11 is 3.41. The van der Waals surface area contributed by atoms with E-state index in [1.54, 1.807) is 6.20 Å². The number of amides is 1. The van der Waals surface area contributed by atoms with Gasteiger partial charge in [-0.1, -0.05) is 21.1 Å². The molecule has 1 saturated heterocycles. The number of piperidine rings is 1. The molecule has 1 aromatic carbocycles. The van der Waals surface area contributed by atoms with Crippen LogP contribution in [0.15, 0.2) is 28.9 Å². The van der Waals surface area contributed by atoms with Gasteiger partial charge in [0.25, 0.3) is 5.91 Å². The Hall–Kier alpha value is -1.44. The SMILES string of the molecule is Cc1cc(Br)ccc1NC(=O)c1cn(C2CCNCC2)nn1.Cl. The molecular formula is C15H19BrClN5O. The maximum atomic E-state index is 12.3. The molecule has 8 heteroatoms. The smallest absolute Gasteiger partial charge is 0.277 e. The molecule has 124 valence electrons. The largest absolute Gasteiger partial charge is 0.320 e. The van der Waals surface area contributed by atoms with Crippen molar-refractivity contribution in [3.8, 4) is 0 Å². The number of carbonyl (C=O) groups is 1. The van der Waals surface area contributed by atoms with Crippen molar-refractivity contribution < 1.29 is 4.79 Å². The fourth-order valence-electron chi connectivity index (χ4n) is 2.58. The topological polar surface area (TPSA) is 71.8 Å². The summed E-state index contributed by atoms with van der Waals surface area (Å²) in [6.45, 7) is 3.90. The minimum absolute atomic E-state index is 0. The van der Waals surface area contributed by atoms with E-state index in [-0.39, 0.29) is 18.3 Å². The number of nitrogens with one attached hydrogen (secondary N) is 2. The standard InChI is InChI=1S/C15H18BrN5O.ClH/c1-10-8-11(16)2-3-13(10)18-15(22)14-9-21(20-19-14)12-4-6-17-7-5-12;/h2-3,8-9,12,17H,4-7H2,1H3,(H,18,22);1H. The third-order valence-electron chi connectivity index (χ3n) is 3.86. The Morgan fingerprint density at radius 2 is 2.13 bits per heavy atom. The highest BCUT2D eigenvalue weighted by Gasteiger charge is 2.19. The van der Waals surface area contributed by atoms with Crippen LogP contribution in [-0.2, 0) is 0 Å². The van der Waals surface area contributed by atoms with Gasteiger partial charge in [-0.25, -0.2) is 4.68 Å². The van der Waals surface area contributed by atoms with Crippen molar-refractivity contribution in [3.63, 3.8) is 0 Å². The summed E-state index contributed by atoms with van der Waals surface area (Å²) in [5.41, 5.74) is 2.12. The molecule has 3 rings (SSSR count). The van der Waals surface area contributed by atoms with Gasteiger partial charge in [-0.15, -0.1) is 17.5 Å². The summed E-state index contributed by atoms with van der Waals surface area (Å²) in [5.74, 6) is -0.231. The number of halogens is 2. The van der Waals surface area contributed by atoms with Crippen molar-refractivity contribution in [2.45, 2.75) is 25.8 Å². The van der Waals surface area contributed by atoms with Gasteiger partial charge in [0, 0.05) is 10.2 Å². The molecule has 0 aliphatic carbocycles. The van der Waals surface area contributed by atoms with Crippen molar-refractivity contribution in [3.05, 3.63) is 40.1 Å². The van der Waals surface area contributed by atoms with Crippen LogP contribution in [0, 0.1) is 6.92 Å². The number of aromatic nitrogens is 3. The van der Waals surface area contributed by atoms with E-state index in [0.29, 0.717) is 11.7 Å². The molecule has 0 saturated carbocycles. The zero-order chi connectivity index (χ0) is 15.5. The minimum atomic E-state index is -0.231. The molecule has 0 atom stereocenters. The average Bonchev–Trinajstić information content (AvgIpc) is 3.01. The highest BCUT2D eigenvalue weighted by Crippen LogP contribution is 2.21. The van der Waals surface area contributed by atoms with Crippen molar-refractivity contribution in [2.24, 2.45) is 0 Å². The fraction of sp³-hybridized carbons (Fsp3) is 0.400. The average molecular weight is 401 g/mol. The second-order valence-electron chi connectivity index (χ2n) is 5.48. The molecule has 2 aromatic rings. The van der Waals surface area contributed by atoms with Gasteiger partial charge in [-0.3, -0.25) is 4.79 Å². The summed E-state index contributed by atoms with van der Waals surface area (Å²) < 4.78 is 2.80. The number of carbonyl (C=O) groups excluding carboxylic acids is 1. The predicted molar refractivity (Wildman–Crippen MR) is 95.2 cm³/mol. The molecule has 2 N–H and O–H groups in total. The maximum Gasteiger partial charge on any atom is 0.277 e. The fourth-order valence-corrected chi connectivity index (χ4v) is 3.06. The molecule has 0 spiro atoms. The van der Waals surface area contributed by atoms with E-state index in [1.807, 2.05) is 29.8 Å². The van der Waals surface area contributed by atoms with Crippen molar-refractivity contribution in [1.29, 1.82) is 0 Å². The summed E-state index contributed by atoms with van der Waals surface area (Å²) in [7, 11) is 0. The molecule has 1 aromatic heterocycles. The van der Waals surface area contributed by atoms with E-state index in [1.165, 1.54) is 0 Å². The molecule has 1 aliphatic heterocycles. The Balaban J connectivity index is 0.00000192. The number of aryl methyl sites for hydroxylation is 1. The van der Waals surface area contributed by atoms with Crippen LogP contribution >= 0.6 is 28.3 Å². The normalized spacial score (nSPS) is 15.0. The Morgan fingerprint density at radius 1 is 1.39 bits per heavy atom. The summed E-state index contributed by atoms with van der Waals surface area (Å²) in [4.78, 5) is 12.3. The van der Waals surface area contributed by atoms with Crippen LogP contribution in [-0.4, -0.2) is 34.0 Å². The third kappa shape index (κ3) is 4.31. The van der Waals surface area contributed by atoms with Crippen LogP contribution < -0.4 is 10.6 Å². The van der Waals surface area contributed by atoms with Crippen LogP contribution in [0.5, 0.6) is 0 Å². The molecule has 1 fully saturated rings. The summed E-state index contributed by atoms with van der Waals surface area (Å²) in [5, 5.41) is 14.3. The lowest BCUT2D eigenvalue weighted by Gasteiger charge is -2.22. The van der Waals surface area contributed by atoms with E-state index < -0.39 is 0 Å². The number of nitrogens with zero attached hydrogens (tertiary/aromatic N) is 3. The van der Waals surface area contributed by atoms with Crippen molar-refractivity contribution >= 4 is 39.9 Å². The molecule has 0 radical (unpaired) electrons. The highest BCUT2D eigenvalue weighted by atomic mass is 79.9. The first-order valence-electron chi connectivity index (χ1n) is 7.33. The van der Waals surface area contributed by atoms with Crippen LogP contribution in [0.25, 0.3) is 0 Å². The molecule has 2 heterocycles. The lowest BCUT2D eigenvalue weighted by atomic mass is 10.1. The Labute approximate surface area is 149 Å². The van der Waals surface area contributed by atoms with E-state index >= 15 is 0 Å². The zero-order valence-electron chi connectivity index (χ0n) is 12.8. The lowest BCUT2D eigenvalue weighted by molar-refractivity contribution is 0.102. The summed E-state index contributed by atoms with van der Waals surface area (Å²) in [6.07, 6.45) is 3.76. The number of hydrogen-bond acceptors (Lipinski definition) is 4. The van der Waals surface area contributed by atoms with Crippen LogP contribution in [0.2, 0.25) is 0 Å². The first kappa shape index (κ1) is 17.9. The number of hydrogen-bond donors (Lipinski definition) is 2. The molecule has 1 amide bonds. The molecule has 1 aliphatic rings. The van der Waals surface area contributed by atoms with Gasteiger partial charge in [0.2, 0.25) is 0 Å². The molecule has 6 nitrogen and oxygen atoms in total. The van der Waals surface area contributed by atoms with Gasteiger partial charge < -0.3 is 10.6 Å². The van der Waals surface area contributed by atoms with E-state index in [4.69, 9.17) is 0 Å². The monoisotopic (exact) mass is 399 g/mol. The predicted octanol–water partition coefficient (Wildman–Crippen LogP) is 2.95. The second-order valence-corrected chi connectivity index (χ2v) is 6.39. The van der Waals surface area contributed by atoms with Crippen LogP contribution in [0.1, 0.15) is 34.9 Å². The number of benzene rings is 1. The molecule has 0 unspecified atom stereocenters. The number of anilines is 1. The number of rotatable bonds is 3. The molecule has 23 heavy (non-hydrogen) atoms. The van der Waals surface area contributed by atoms with Gasteiger partial charge in [-0.05, 0) is 56.6 Å².